The molecular formula is C37H46N4O6. The molecule has 0 aliphatic carbocycles. The van der Waals surface area contributed by atoms with E-state index in [0.29, 0.717) is 12.2 Å². The minimum atomic E-state index is -0.929. The van der Waals surface area contributed by atoms with Gasteiger partial charge in [0.1, 0.15) is 17.4 Å². The lowest BCUT2D eigenvalue weighted by Gasteiger charge is -2.35. The van der Waals surface area contributed by atoms with Crippen LogP contribution in [0.1, 0.15) is 43.9 Å². The zero-order valence-electron chi connectivity index (χ0n) is 27.9. The van der Waals surface area contributed by atoms with Crippen molar-refractivity contribution in [2.75, 3.05) is 27.2 Å². The Morgan fingerprint density at radius 2 is 1.60 bits per heavy atom. The molecule has 1 aromatic heterocycles. The molecule has 2 unspecified atom stereocenters. The first-order valence-corrected chi connectivity index (χ1v) is 15.9. The van der Waals surface area contributed by atoms with Gasteiger partial charge in [0.25, 0.3) is 0 Å². The number of ether oxygens (including phenoxy) is 2. The number of hydrogen-bond donors (Lipinski definition) is 3. The maximum absolute atomic E-state index is 14.3. The molecule has 0 aliphatic rings. The number of likely N-dealkylation sites (N-methyl/N-ethyl adjacent to an activating group) is 1. The molecule has 10 heteroatoms. The van der Waals surface area contributed by atoms with E-state index < -0.39 is 29.7 Å². The number of amides is 2. The van der Waals surface area contributed by atoms with Crippen molar-refractivity contribution in [2.24, 2.45) is 0 Å². The number of aromatic nitrogens is 1. The first-order valence-electron chi connectivity index (χ1n) is 15.9. The standard InChI is InChI=1S/C37H46N4O6/c1-37(2,3)47-36(45)41(20-19-38-29(23-34(42)43)22-28-24-39-31-17-11-10-16-30(28)31)32(21-26-13-7-6-8-14-26)35(44)40(4)25-27-15-9-12-18-33(27)46-5/h6-18,24,29,32,38-39H,19-23,25H2,1-5H3,(H,42,43). The minimum Gasteiger partial charge on any atom is -0.496 e. The third kappa shape index (κ3) is 10.1. The fourth-order valence-corrected chi connectivity index (χ4v) is 5.67. The average molecular weight is 643 g/mol. The molecule has 4 aromatic rings. The van der Waals surface area contributed by atoms with Crippen LogP contribution >= 0.6 is 0 Å². The Labute approximate surface area is 276 Å². The summed E-state index contributed by atoms with van der Waals surface area (Å²) in [7, 11) is 3.30. The number of hydrogen-bond acceptors (Lipinski definition) is 6. The number of para-hydroxylation sites is 2. The molecule has 0 radical (unpaired) electrons. The quantitative estimate of drug-likeness (QED) is 0.153. The SMILES string of the molecule is COc1ccccc1CN(C)C(=O)C(Cc1ccccc1)N(CCNC(CC(=O)O)Cc1c[nH]c2ccccc12)C(=O)OC(C)(C)C. The summed E-state index contributed by atoms with van der Waals surface area (Å²) in [6, 6.07) is 23.6. The summed E-state index contributed by atoms with van der Waals surface area (Å²) in [5, 5.41) is 14.1. The third-order valence-electron chi connectivity index (χ3n) is 7.89. The van der Waals surface area contributed by atoms with Crippen LogP contribution < -0.4 is 10.1 Å². The number of methoxy groups -OCH3 is 1. The van der Waals surface area contributed by atoms with Crippen LogP contribution in [0.3, 0.4) is 0 Å². The molecule has 0 aliphatic heterocycles. The number of carbonyl (C=O) groups excluding carboxylic acids is 2. The molecule has 1 heterocycles. The Kier molecular flexibility index (Phi) is 12.0. The van der Waals surface area contributed by atoms with Crippen LogP contribution in [0.2, 0.25) is 0 Å². The van der Waals surface area contributed by atoms with Crippen LogP contribution in [-0.4, -0.2) is 82.8 Å². The topological polar surface area (TPSA) is 124 Å². The molecule has 0 spiro atoms. The van der Waals surface area contributed by atoms with Crippen molar-refractivity contribution in [2.45, 2.75) is 64.3 Å². The lowest BCUT2D eigenvalue weighted by atomic mass is 10.0. The van der Waals surface area contributed by atoms with Gasteiger partial charge in [-0.1, -0.05) is 66.7 Å². The van der Waals surface area contributed by atoms with E-state index in [9.17, 15) is 19.5 Å². The number of fused-ring (bicyclic) bond motifs is 1. The number of carboxylic acid groups (broad SMARTS) is 1. The highest BCUT2D eigenvalue weighted by Gasteiger charge is 2.35. The lowest BCUT2D eigenvalue weighted by molar-refractivity contribution is -0.137. The van der Waals surface area contributed by atoms with Crippen molar-refractivity contribution in [3.63, 3.8) is 0 Å². The molecule has 2 amide bonds. The van der Waals surface area contributed by atoms with Crippen LogP contribution in [0.4, 0.5) is 4.79 Å². The van der Waals surface area contributed by atoms with Gasteiger partial charge >= 0.3 is 12.1 Å². The molecule has 0 fully saturated rings. The summed E-state index contributed by atoms with van der Waals surface area (Å²) in [4.78, 5) is 46.3. The van der Waals surface area contributed by atoms with Crippen molar-refractivity contribution in [3.05, 3.63) is 102 Å². The van der Waals surface area contributed by atoms with Crippen molar-refractivity contribution in [1.82, 2.24) is 20.1 Å². The zero-order valence-corrected chi connectivity index (χ0v) is 27.9. The Morgan fingerprint density at radius 1 is 0.915 bits per heavy atom. The largest absolute Gasteiger partial charge is 0.496 e. The first-order chi connectivity index (χ1) is 22.4. The Hall–Kier alpha value is -4.83. The lowest BCUT2D eigenvalue weighted by Crippen LogP contribution is -2.54. The average Bonchev–Trinajstić information content (AvgIpc) is 3.44. The summed E-state index contributed by atoms with van der Waals surface area (Å²) in [6.45, 7) is 5.99. The molecule has 2 atom stereocenters. The fourth-order valence-electron chi connectivity index (χ4n) is 5.67. The van der Waals surface area contributed by atoms with Gasteiger partial charge in [-0.15, -0.1) is 0 Å². The van der Waals surface area contributed by atoms with Crippen LogP contribution in [-0.2, 0) is 33.7 Å². The van der Waals surface area contributed by atoms with Gasteiger partial charge in [-0.05, 0) is 50.5 Å². The van der Waals surface area contributed by atoms with Crippen molar-refractivity contribution in [3.8, 4) is 5.75 Å². The number of rotatable bonds is 15. The number of carbonyl (C=O) groups is 3. The number of aliphatic carboxylic acids is 1. The minimum absolute atomic E-state index is 0.111. The zero-order chi connectivity index (χ0) is 34.0. The number of H-pyrrole nitrogens is 1. The van der Waals surface area contributed by atoms with Gasteiger partial charge in [-0.2, -0.15) is 0 Å². The molecular weight excluding hydrogens is 596 g/mol. The molecule has 47 heavy (non-hydrogen) atoms. The summed E-state index contributed by atoms with van der Waals surface area (Å²) in [5.41, 5.74) is 2.91. The predicted molar refractivity (Wildman–Crippen MR) is 182 cm³/mol. The molecule has 3 N–H and O–H groups in total. The van der Waals surface area contributed by atoms with E-state index in [1.807, 2.05) is 85.1 Å². The number of nitrogens with one attached hydrogen (secondary N) is 2. The highest BCUT2D eigenvalue weighted by molar-refractivity contribution is 5.86. The smallest absolute Gasteiger partial charge is 0.411 e. The molecule has 3 aromatic carbocycles. The Morgan fingerprint density at radius 3 is 2.30 bits per heavy atom. The number of benzene rings is 3. The van der Waals surface area contributed by atoms with Crippen LogP contribution in [0.5, 0.6) is 5.75 Å². The highest BCUT2D eigenvalue weighted by atomic mass is 16.6. The van der Waals surface area contributed by atoms with E-state index in [1.165, 1.54) is 4.90 Å². The molecule has 4 rings (SSSR count). The summed E-state index contributed by atoms with van der Waals surface area (Å²) >= 11 is 0. The highest BCUT2D eigenvalue weighted by Crippen LogP contribution is 2.23. The Bertz CT molecular complexity index is 1630. The van der Waals surface area contributed by atoms with E-state index in [-0.39, 0.29) is 38.4 Å². The van der Waals surface area contributed by atoms with Gasteiger partial charge in [0.05, 0.1) is 13.5 Å². The van der Waals surface area contributed by atoms with Gasteiger partial charge in [0.2, 0.25) is 5.91 Å². The molecule has 0 saturated heterocycles. The van der Waals surface area contributed by atoms with Crippen molar-refractivity contribution < 1.29 is 29.0 Å². The molecule has 0 bridgehead atoms. The van der Waals surface area contributed by atoms with E-state index in [2.05, 4.69) is 10.3 Å². The molecule has 0 saturated carbocycles. The van der Waals surface area contributed by atoms with Gasteiger partial charge in [-0.25, -0.2) is 4.79 Å². The summed E-state index contributed by atoms with van der Waals surface area (Å²) < 4.78 is 11.3. The second-order valence-corrected chi connectivity index (χ2v) is 12.7. The normalized spacial score (nSPS) is 12.7. The number of nitrogens with zero attached hydrogens (tertiary/aromatic N) is 2. The molecule has 10 nitrogen and oxygen atoms in total. The van der Waals surface area contributed by atoms with E-state index in [1.54, 1.807) is 39.8 Å². The van der Waals surface area contributed by atoms with E-state index in [4.69, 9.17) is 9.47 Å². The van der Waals surface area contributed by atoms with E-state index in [0.717, 1.165) is 27.6 Å². The Balaban J connectivity index is 1.60. The maximum atomic E-state index is 14.3. The van der Waals surface area contributed by atoms with Gasteiger partial charge in [0.15, 0.2) is 0 Å². The maximum Gasteiger partial charge on any atom is 0.411 e. The number of aromatic amines is 1. The first kappa shape index (κ1) is 35.0. The van der Waals surface area contributed by atoms with Crippen LogP contribution in [0, 0.1) is 0 Å². The van der Waals surface area contributed by atoms with Crippen molar-refractivity contribution >= 4 is 28.9 Å². The van der Waals surface area contributed by atoms with Crippen molar-refractivity contribution in [1.29, 1.82) is 0 Å². The predicted octanol–water partition coefficient (Wildman–Crippen LogP) is 5.66. The fraction of sp³-hybridized carbons (Fsp3) is 0.378. The van der Waals surface area contributed by atoms with Gasteiger partial charge in [-0.3, -0.25) is 14.5 Å². The van der Waals surface area contributed by atoms with Gasteiger partial charge in [0, 0.05) is 61.8 Å². The van der Waals surface area contributed by atoms with Crippen LogP contribution in [0.25, 0.3) is 10.9 Å². The second-order valence-electron chi connectivity index (χ2n) is 12.7. The van der Waals surface area contributed by atoms with Crippen LogP contribution in [0.15, 0.2) is 85.1 Å². The van der Waals surface area contributed by atoms with E-state index >= 15 is 0 Å². The van der Waals surface area contributed by atoms with Gasteiger partial charge < -0.3 is 29.8 Å². The monoisotopic (exact) mass is 642 g/mol. The summed E-state index contributed by atoms with van der Waals surface area (Å²) in [6.07, 6.45) is 1.91. The third-order valence-corrected chi connectivity index (χ3v) is 7.89. The molecule has 250 valence electrons. The second kappa shape index (κ2) is 16.1. The summed E-state index contributed by atoms with van der Waals surface area (Å²) in [5.74, 6) is -0.521. The number of carboxylic acids is 1.